The van der Waals surface area contributed by atoms with E-state index in [1.165, 1.54) is 18.2 Å². The van der Waals surface area contributed by atoms with E-state index < -0.39 is 0 Å². The molecule has 0 bridgehead atoms. The largest absolute Gasteiger partial charge is 0.469 e. The first-order chi connectivity index (χ1) is 12.1. The van der Waals surface area contributed by atoms with Crippen LogP contribution in [-0.4, -0.2) is 50.1 Å². The molecule has 1 aromatic rings. The Morgan fingerprint density at radius 3 is 2.80 bits per heavy atom. The van der Waals surface area contributed by atoms with Gasteiger partial charge in [0.1, 0.15) is 0 Å². The van der Waals surface area contributed by atoms with Crippen molar-refractivity contribution in [1.82, 2.24) is 10.2 Å². The molecular weight excluding hydrogens is 316 g/mol. The minimum Gasteiger partial charge on any atom is -0.469 e. The molecule has 1 fully saturated rings. The Hall–Kier alpha value is -1.88. The van der Waals surface area contributed by atoms with Crippen LogP contribution in [0.15, 0.2) is 24.3 Å². The number of rotatable bonds is 7. The van der Waals surface area contributed by atoms with Crippen LogP contribution in [0.2, 0.25) is 0 Å². The molecule has 1 aliphatic rings. The second-order valence-corrected chi connectivity index (χ2v) is 6.88. The first kappa shape index (κ1) is 19.4. The van der Waals surface area contributed by atoms with Gasteiger partial charge in [0.2, 0.25) is 5.91 Å². The van der Waals surface area contributed by atoms with Crippen LogP contribution in [0.5, 0.6) is 0 Å². The standard InChI is InChI=1S/C20H30N2O3/c1-16-6-3-4-8-18(16)9-11-21-19(23)15-22-12-5-7-17(10-13-22)14-20(24)25-2/h3-4,6,8,17H,5,7,9-15H2,1-2H3,(H,21,23). The zero-order valence-corrected chi connectivity index (χ0v) is 15.4. The third-order valence-corrected chi connectivity index (χ3v) is 4.97. The quantitative estimate of drug-likeness (QED) is 0.770. The number of esters is 1. The maximum atomic E-state index is 12.2. The zero-order chi connectivity index (χ0) is 18.1. The zero-order valence-electron chi connectivity index (χ0n) is 15.4. The minimum atomic E-state index is -0.132. The van der Waals surface area contributed by atoms with Gasteiger partial charge in [-0.2, -0.15) is 0 Å². The highest BCUT2D eigenvalue weighted by atomic mass is 16.5. The van der Waals surface area contributed by atoms with Crippen LogP contribution in [-0.2, 0) is 20.7 Å². The molecule has 25 heavy (non-hydrogen) atoms. The molecule has 0 spiro atoms. The van der Waals surface area contributed by atoms with Gasteiger partial charge in [0.05, 0.1) is 13.7 Å². The SMILES string of the molecule is COC(=O)CC1CCCN(CC(=O)NCCc2ccccc2C)CC1. The average Bonchev–Trinajstić information content (AvgIpc) is 2.81. The third-order valence-electron chi connectivity index (χ3n) is 4.97. The molecule has 1 N–H and O–H groups in total. The topological polar surface area (TPSA) is 58.6 Å². The molecule has 1 amide bonds. The van der Waals surface area contributed by atoms with Gasteiger partial charge in [-0.1, -0.05) is 24.3 Å². The highest BCUT2D eigenvalue weighted by molar-refractivity contribution is 5.78. The Morgan fingerprint density at radius 2 is 2.04 bits per heavy atom. The number of carbonyl (C=O) groups excluding carboxylic acids is 2. The number of aryl methyl sites for hydroxylation is 1. The smallest absolute Gasteiger partial charge is 0.305 e. The van der Waals surface area contributed by atoms with Gasteiger partial charge in [-0.25, -0.2) is 0 Å². The lowest BCUT2D eigenvalue weighted by molar-refractivity contribution is -0.141. The summed E-state index contributed by atoms with van der Waals surface area (Å²) in [6, 6.07) is 8.27. The summed E-state index contributed by atoms with van der Waals surface area (Å²) in [6.45, 7) is 5.00. The van der Waals surface area contributed by atoms with Crippen molar-refractivity contribution in [2.75, 3.05) is 33.3 Å². The minimum absolute atomic E-state index is 0.0833. The molecule has 2 rings (SSSR count). The van der Waals surface area contributed by atoms with Gasteiger partial charge in [0, 0.05) is 13.0 Å². The van der Waals surface area contributed by atoms with E-state index in [1.807, 2.05) is 12.1 Å². The predicted molar refractivity (Wildman–Crippen MR) is 98.3 cm³/mol. The summed E-state index contributed by atoms with van der Waals surface area (Å²) in [7, 11) is 1.44. The third kappa shape index (κ3) is 6.86. The molecule has 0 aliphatic carbocycles. The number of ether oxygens (including phenoxy) is 1. The lowest BCUT2D eigenvalue weighted by Crippen LogP contribution is -2.38. The summed E-state index contributed by atoms with van der Waals surface area (Å²) in [5.74, 6) is 0.328. The van der Waals surface area contributed by atoms with Crippen LogP contribution in [0.4, 0.5) is 0 Å². The monoisotopic (exact) mass is 346 g/mol. The Kier molecular flexibility index (Phi) is 7.92. The molecule has 1 heterocycles. The van der Waals surface area contributed by atoms with E-state index in [9.17, 15) is 9.59 Å². The summed E-state index contributed by atoms with van der Waals surface area (Å²) in [5, 5.41) is 3.02. The lowest BCUT2D eigenvalue weighted by atomic mass is 9.97. The van der Waals surface area contributed by atoms with Crippen LogP contribution in [0.1, 0.15) is 36.8 Å². The number of hydrogen-bond acceptors (Lipinski definition) is 4. The molecule has 5 heteroatoms. The molecule has 1 unspecified atom stereocenters. The first-order valence-electron chi connectivity index (χ1n) is 9.19. The first-order valence-corrected chi connectivity index (χ1v) is 9.19. The van der Waals surface area contributed by atoms with Crippen molar-refractivity contribution in [3.8, 4) is 0 Å². The Bertz CT molecular complexity index is 574. The van der Waals surface area contributed by atoms with Crippen LogP contribution < -0.4 is 5.32 Å². The number of nitrogens with one attached hydrogen (secondary N) is 1. The lowest BCUT2D eigenvalue weighted by Gasteiger charge is -2.19. The van der Waals surface area contributed by atoms with E-state index in [1.54, 1.807) is 0 Å². The normalized spacial score (nSPS) is 18.4. The van der Waals surface area contributed by atoms with Crippen LogP contribution >= 0.6 is 0 Å². The Labute approximate surface area is 150 Å². The molecule has 0 aromatic heterocycles. The van der Waals surface area contributed by atoms with E-state index in [2.05, 4.69) is 29.3 Å². The number of nitrogens with zero attached hydrogens (tertiary/aromatic N) is 1. The van der Waals surface area contributed by atoms with Crippen molar-refractivity contribution in [3.05, 3.63) is 35.4 Å². The van der Waals surface area contributed by atoms with Crippen molar-refractivity contribution in [2.24, 2.45) is 5.92 Å². The molecule has 0 radical (unpaired) electrons. The fourth-order valence-corrected chi connectivity index (χ4v) is 3.39. The van der Waals surface area contributed by atoms with Gasteiger partial charge in [0.25, 0.3) is 0 Å². The number of carbonyl (C=O) groups is 2. The van der Waals surface area contributed by atoms with Crippen molar-refractivity contribution >= 4 is 11.9 Å². The van der Waals surface area contributed by atoms with Gasteiger partial charge in [-0.05, 0) is 62.7 Å². The van der Waals surface area contributed by atoms with E-state index >= 15 is 0 Å². The molecular formula is C20H30N2O3. The van der Waals surface area contributed by atoms with E-state index in [-0.39, 0.29) is 11.9 Å². The van der Waals surface area contributed by atoms with E-state index in [0.717, 1.165) is 38.8 Å². The van der Waals surface area contributed by atoms with E-state index in [4.69, 9.17) is 4.74 Å². The fourth-order valence-electron chi connectivity index (χ4n) is 3.39. The molecule has 1 atom stereocenters. The van der Waals surface area contributed by atoms with Crippen molar-refractivity contribution in [2.45, 2.75) is 39.0 Å². The highest BCUT2D eigenvalue weighted by Crippen LogP contribution is 2.21. The summed E-state index contributed by atoms with van der Waals surface area (Å²) in [4.78, 5) is 25.8. The molecule has 5 nitrogen and oxygen atoms in total. The Morgan fingerprint density at radius 1 is 1.24 bits per heavy atom. The second kappa shape index (κ2) is 10.2. The molecule has 0 saturated carbocycles. The number of amides is 1. The maximum Gasteiger partial charge on any atom is 0.305 e. The molecule has 1 saturated heterocycles. The molecule has 138 valence electrons. The van der Waals surface area contributed by atoms with E-state index in [0.29, 0.717) is 25.4 Å². The van der Waals surface area contributed by atoms with Gasteiger partial charge in [-0.3, -0.25) is 14.5 Å². The number of hydrogen-bond donors (Lipinski definition) is 1. The summed E-state index contributed by atoms with van der Waals surface area (Å²) >= 11 is 0. The van der Waals surface area contributed by atoms with Crippen molar-refractivity contribution < 1.29 is 14.3 Å². The second-order valence-electron chi connectivity index (χ2n) is 6.88. The van der Waals surface area contributed by atoms with Gasteiger partial charge in [0.15, 0.2) is 0 Å². The molecule has 1 aromatic carbocycles. The highest BCUT2D eigenvalue weighted by Gasteiger charge is 2.21. The summed E-state index contributed by atoms with van der Waals surface area (Å²) in [5.41, 5.74) is 2.55. The van der Waals surface area contributed by atoms with Crippen molar-refractivity contribution in [3.63, 3.8) is 0 Å². The van der Waals surface area contributed by atoms with Crippen LogP contribution in [0.3, 0.4) is 0 Å². The fraction of sp³-hybridized carbons (Fsp3) is 0.600. The summed E-state index contributed by atoms with van der Waals surface area (Å²) in [6.07, 6.45) is 4.36. The maximum absolute atomic E-state index is 12.2. The number of benzene rings is 1. The van der Waals surface area contributed by atoms with Gasteiger partial charge in [-0.15, -0.1) is 0 Å². The van der Waals surface area contributed by atoms with Gasteiger partial charge < -0.3 is 10.1 Å². The van der Waals surface area contributed by atoms with Crippen LogP contribution in [0, 0.1) is 12.8 Å². The number of likely N-dealkylation sites (tertiary alicyclic amines) is 1. The van der Waals surface area contributed by atoms with Gasteiger partial charge >= 0.3 is 5.97 Å². The van der Waals surface area contributed by atoms with Crippen molar-refractivity contribution in [1.29, 1.82) is 0 Å². The predicted octanol–water partition coefficient (Wildman–Crippen LogP) is 2.32. The Balaban J connectivity index is 1.68. The number of methoxy groups -OCH3 is 1. The average molecular weight is 346 g/mol. The summed E-state index contributed by atoms with van der Waals surface area (Å²) < 4.78 is 4.76. The van der Waals surface area contributed by atoms with Crippen LogP contribution in [0.25, 0.3) is 0 Å². The molecule has 1 aliphatic heterocycles.